The lowest BCUT2D eigenvalue weighted by Crippen LogP contribution is -2.49. The maximum atomic E-state index is 12.8. The number of hydrogen-bond acceptors (Lipinski definition) is 5. The van der Waals surface area contributed by atoms with Gasteiger partial charge < -0.3 is 9.64 Å². The van der Waals surface area contributed by atoms with Crippen molar-refractivity contribution in [2.45, 2.75) is 18.4 Å². The fraction of sp³-hybridized carbons (Fsp3) is 0.300. The quantitative estimate of drug-likeness (QED) is 0.626. The number of ether oxygens (including phenoxy) is 1. The number of amides is 1. The van der Waals surface area contributed by atoms with E-state index in [0.717, 1.165) is 0 Å². The highest BCUT2D eigenvalue weighted by Gasteiger charge is 2.29. The third-order valence-electron chi connectivity index (χ3n) is 4.79. The Kier molecular flexibility index (Phi) is 7.02. The van der Waals surface area contributed by atoms with E-state index in [0.29, 0.717) is 28.7 Å². The number of carbonyl (C=O) groups is 2. The molecule has 0 saturated carbocycles. The first-order valence-corrected chi connectivity index (χ1v) is 11.3. The molecule has 0 aliphatic carbocycles. The Balaban J connectivity index is 1.63. The van der Waals surface area contributed by atoms with Crippen LogP contribution in [-0.2, 0) is 26.2 Å². The minimum atomic E-state index is -3.71. The molecule has 30 heavy (non-hydrogen) atoms. The van der Waals surface area contributed by atoms with E-state index in [2.05, 4.69) is 0 Å². The van der Waals surface area contributed by atoms with Crippen molar-refractivity contribution in [3.05, 3.63) is 63.6 Å². The van der Waals surface area contributed by atoms with E-state index in [1.165, 1.54) is 35.5 Å². The van der Waals surface area contributed by atoms with Gasteiger partial charge in [-0.3, -0.25) is 4.79 Å². The number of esters is 1. The van der Waals surface area contributed by atoms with Gasteiger partial charge in [0.2, 0.25) is 15.9 Å². The first kappa shape index (κ1) is 22.6. The van der Waals surface area contributed by atoms with Crippen LogP contribution >= 0.6 is 23.2 Å². The average Bonchev–Trinajstić information content (AvgIpc) is 2.73. The zero-order valence-electron chi connectivity index (χ0n) is 16.2. The molecule has 3 rings (SSSR count). The number of carbonyl (C=O) groups excluding carboxylic acids is 2. The summed E-state index contributed by atoms with van der Waals surface area (Å²) in [4.78, 5) is 25.4. The van der Waals surface area contributed by atoms with Crippen LogP contribution in [0.1, 0.15) is 22.8 Å². The van der Waals surface area contributed by atoms with Gasteiger partial charge in [-0.05, 0) is 36.4 Å². The highest BCUT2D eigenvalue weighted by Crippen LogP contribution is 2.22. The lowest BCUT2D eigenvalue weighted by Gasteiger charge is -2.33. The van der Waals surface area contributed by atoms with Crippen molar-refractivity contribution >= 4 is 45.1 Å². The van der Waals surface area contributed by atoms with Crippen molar-refractivity contribution in [3.8, 4) is 0 Å². The molecule has 1 heterocycles. The zero-order chi connectivity index (χ0) is 21.9. The summed E-state index contributed by atoms with van der Waals surface area (Å²) in [6.45, 7) is 2.59. The Labute approximate surface area is 185 Å². The topological polar surface area (TPSA) is 84.0 Å². The number of sulfonamides is 1. The minimum Gasteiger partial charge on any atom is -0.457 e. The summed E-state index contributed by atoms with van der Waals surface area (Å²) in [7, 11) is -3.71. The van der Waals surface area contributed by atoms with Crippen LogP contribution in [0, 0.1) is 0 Å². The minimum absolute atomic E-state index is 0.0324. The Morgan fingerprint density at radius 3 is 2.20 bits per heavy atom. The summed E-state index contributed by atoms with van der Waals surface area (Å²) in [5.41, 5.74) is 0.832. The van der Waals surface area contributed by atoms with Crippen molar-refractivity contribution in [1.29, 1.82) is 0 Å². The molecule has 0 bridgehead atoms. The van der Waals surface area contributed by atoms with Crippen molar-refractivity contribution in [2.24, 2.45) is 0 Å². The third kappa shape index (κ3) is 5.13. The Morgan fingerprint density at radius 1 is 1.00 bits per heavy atom. The van der Waals surface area contributed by atoms with Gasteiger partial charge in [0.1, 0.15) is 6.61 Å². The highest BCUT2D eigenvalue weighted by molar-refractivity contribution is 7.89. The van der Waals surface area contributed by atoms with Crippen LogP contribution in [0.5, 0.6) is 0 Å². The number of piperazine rings is 1. The van der Waals surface area contributed by atoms with Gasteiger partial charge in [0.25, 0.3) is 0 Å². The van der Waals surface area contributed by atoms with E-state index in [1.54, 1.807) is 23.1 Å². The van der Waals surface area contributed by atoms with Gasteiger partial charge in [0.05, 0.1) is 10.5 Å². The molecule has 0 aromatic heterocycles. The summed E-state index contributed by atoms with van der Waals surface area (Å²) in [5.74, 6) is -0.671. The Bertz CT molecular complexity index is 1050. The molecule has 1 aliphatic rings. The lowest BCUT2D eigenvalue weighted by molar-refractivity contribution is -0.129. The van der Waals surface area contributed by atoms with Gasteiger partial charge in [-0.1, -0.05) is 29.3 Å². The molecule has 7 nitrogen and oxygen atoms in total. The smallest absolute Gasteiger partial charge is 0.338 e. The molecule has 0 atom stereocenters. The fourth-order valence-electron chi connectivity index (χ4n) is 3.02. The van der Waals surface area contributed by atoms with Crippen molar-refractivity contribution in [1.82, 2.24) is 9.21 Å². The van der Waals surface area contributed by atoms with Crippen molar-refractivity contribution in [2.75, 3.05) is 26.2 Å². The maximum absolute atomic E-state index is 12.8. The summed E-state index contributed by atoms with van der Waals surface area (Å²) < 4.78 is 32.2. The number of halogens is 2. The molecular formula is C20H20Cl2N2O5S. The molecule has 0 spiro atoms. The number of benzene rings is 2. The molecular weight excluding hydrogens is 451 g/mol. The van der Waals surface area contributed by atoms with E-state index in [4.69, 9.17) is 27.9 Å². The van der Waals surface area contributed by atoms with Crippen molar-refractivity contribution in [3.63, 3.8) is 0 Å². The summed E-state index contributed by atoms with van der Waals surface area (Å²) in [6.07, 6.45) is 0. The van der Waals surface area contributed by atoms with Crippen LogP contribution in [-0.4, -0.2) is 55.7 Å². The molecule has 1 saturated heterocycles. The zero-order valence-corrected chi connectivity index (χ0v) is 18.5. The van der Waals surface area contributed by atoms with Gasteiger partial charge in [0, 0.05) is 48.7 Å². The van der Waals surface area contributed by atoms with E-state index < -0.39 is 16.0 Å². The highest BCUT2D eigenvalue weighted by atomic mass is 35.5. The van der Waals surface area contributed by atoms with E-state index in [-0.39, 0.29) is 36.1 Å². The second-order valence-corrected chi connectivity index (χ2v) is 9.53. The largest absolute Gasteiger partial charge is 0.457 e. The standard InChI is InChI=1S/C20H20Cl2N2O5S/c1-14(25)23-8-10-24(11-9-23)30(27,28)18-6-3-15(4-7-18)20(26)29-13-16-2-5-17(21)12-19(16)22/h2-7,12H,8-11,13H2,1H3. The summed E-state index contributed by atoms with van der Waals surface area (Å²) in [5, 5.41) is 0.871. The van der Waals surface area contributed by atoms with E-state index >= 15 is 0 Å². The van der Waals surface area contributed by atoms with E-state index in [9.17, 15) is 18.0 Å². The van der Waals surface area contributed by atoms with Crippen LogP contribution in [0.3, 0.4) is 0 Å². The first-order chi connectivity index (χ1) is 14.2. The lowest BCUT2D eigenvalue weighted by atomic mass is 10.2. The second kappa shape index (κ2) is 9.34. The van der Waals surface area contributed by atoms with Crippen LogP contribution in [0.2, 0.25) is 10.0 Å². The van der Waals surface area contributed by atoms with Gasteiger partial charge in [-0.2, -0.15) is 4.31 Å². The Hall–Kier alpha value is -2.13. The number of nitrogens with zero attached hydrogens (tertiary/aromatic N) is 2. The molecule has 2 aromatic carbocycles. The predicted octanol–water partition coefficient (Wildman–Crippen LogP) is 3.20. The van der Waals surface area contributed by atoms with Crippen molar-refractivity contribution < 1.29 is 22.7 Å². The Morgan fingerprint density at radius 2 is 1.63 bits per heavy atom. The number of hydrogen-bond donors (Lipinski definition) is 0. The molecule has 0 N–H and O–H groups in total. The van der Waals surface area contributed by atoms with Crippen LogP contribution in [0.15, 0.2) is 47.4 Å². The molecule has 1 aliphatic heterocycles. The molecule has 1 amide bonds. The average molecular weight is 471 g/mol. The van der Waals surface area contributed by atoms with Crippen LogP contribution in [0.25, 0.3) is 0 Å². The van der Waals surface area contributed by atoms with Gasteiger partial charge in [-0.25, -0.2) is 13.2 Å². The molecule has 160 valence electrons. The predicted molar refractivity (Wildman–Crippen MR) is 113 cm³/mol. The molecule has 0 radical (unpaired) electrons. The van der Waals surface area contributed by atoms with Gasteiger partial charge in [-0.15, -0.1) is 0 Å². The molecule has 0 unspecified atom stereocenters. The van der Waals surface area contributed by atoms with Gasteiger partial charge >= 0.3 is 5.97 Å². The summed E-state index contributed by atoms with van der Waals surface area (Å²) in [6, 6.07) is 10.4. The summed E-state index contributed by atoms with van der Waals surface area (Å²) >= 11 is 11.9. The first-order valence-electron chi connectivity index (χ1n) is 9.15. The van der Waals surface area contributed by atoms with Gasteiger partial charge in [0.15, 0.2) is 0 Å². The normalized spacial score (nSPS) is 15.1. The number of rotatable bonds is 5. The van der Waals surface area contributed by atoms with Crippen LogP contribution in [0.4, 0.5) is 0 Å². The molecule has 1 fully saturated rings. The maximum Gasteiger partial charge on any atom is 0.338 e. The monoisotopic (exact) mass is 470 g/mol. The van der Waals surface area contributed by atoms with E-state index in [1.807, 2.05) is 0 Å². The second-order valence-electron chi connectivity index (χ2n) is 6.75. The third-order valence-corrected chi connectivity index (χ3v) is 7.29. The van der Waals surface area contributed by atoms with Crippen LogP contribution < -0.4 is 0 Å². The molecule has 10 heteroatoms. The fourth-order valence-corrected chi connectivity index (χ4v) is 4.91. The SMILES string of the molecule is CC(=O)N1CCN(S(=O)(=O)c2ccc(C(=O)OCc3ccc(Cl)cc3Cl)cc2)CC1. The molecule has 2 aromatic rings.